The van der Waals surface area contributed by atoms with E-state index in [1.807, 2.05) is 25.1 Å². The molecule has 1 saturated heterocycles. The summed E-state index contributed by atoms with van der Waals surface area (Å²) in [5.74, 6) is -0.238. The highest BCUT2D eigenvalue weighted by atomic mass is 32.2. The maximum absolute atomic E-state index is 12.2. The summed E-state index contributed by atoms with van der Waals surface area (Å²) >= 11 is 0. The summed E-state index contributed by atoms with van der Waals surface area (Å²) in [7, 11) is -3.53. The number of amides is 1. The van der Waals surface area contributed by atoms with Gasteiger partial charge in [0.05, 0.1) is 11.8 Å². The van der Waals surface area contributed by atoms with Crippen LogP contribution in [0.3, 0.4) is 0 Å². The fraction of sp³-hybridized carbons (Fsp3) is 0.533. The van der Waals surface area contributed by atoms with E-state index in [-0.39, 0.29) is 11.7 Å². The Kier molecular flexibility index (Phi) is 5.00. The van der Waals surface area contributed by atoms with Crippen LogP contribution in [0.5, 0.6) is 0 Å². The average molecular weight is 310 g/mol. The van der Waals surface area contributed by atoms with Gasteiger partial charge in [-0.05, 0) is 37.8 Å². The summed E-state index contributed by atoms with van der Waals surface area (Å²) in [6, 6.07) is 6.65. The summed E-state index contributed by atoms with van der Waals surface area (Å²) in [4.78, 5) is 13.9. The zero-order chi connectivity index (χ0) is 15.5. The zero-order valence-electron chi connectivity index (χ0n) is 12.5. The lowest BCUT2D eigenvalue weighted by Gasteiger charge is -2.21. The van der Waals surface area contributed by atoms with Crippen LogP contribution in [0.25, 0.3) is 0 Å². The molecule has 1 aliphatic heterocycles. The molecule has 2 rings (SSSR count). The van der Waals surface area contributed by atoms with E-state index in [0.717, 1.165) is 37.1 Å². The lowest BCUT2D eigenvalue weighted by molar-refractivity contribution is -0.131. The monoisotopic (exact) mass is 310 g/mol. The van der Waals surface area contributed by atoms with Crippen molar-refractivity contribution in [2.24, 2.45) is 0 Å². The van der Waals surface area contributed by atoms with E-state index in [0.29, 0.717) is 0 Å². The number of hydrogen-bond donors (Lipinski definition) is 1. The second-order valence-electron chi connectivity index (χ2n) is 5.56. The normalized spacial score (nSPS) is 17.0. The third kappa shape index (κ3) is 4.28. The van der Waals surface area contributed by atoms with Gasteiger partial charge in [-0.25, -0.2) is 13.1 Å². The molecule has 0 spiro atoms. The summed E-state index contributed by atoms with van der Waals surface area (Å²) in [6.07, 6.45) is 1.99. The molecule has 1 N–H and O–H groups in total. The Morgan fingerprint density at radius 1 is 1.29 bits per heavy atom. The predicted octanol–water partition coefficient (Wildman–Crippen LogP) is 1.43. The minimum Gasteiger partial charge on any atom is -0.341 e. The van der Waals surface area contributed by atoms with Crippen molar-refractivity contribution in [1.29, 1.82) is 0 Å². The number of nitrogens with zero attached hydrogens (tertiary/aromatic N) is 1. The van der Waals surface area contributed by atoms with Crippen LogP contribution in [-0.4, -0.2) is 38.4 Å². The van der Waals surface area contributed by atoms with Crippen molar-refractivity contribution in [3.8, 4) is 0 Å². The van der Waals surface area contributed by atoms with Crippen molar-refractivity contribution in [3.63, 3.8) is 0 Å². The van der Waals surface area contributed by atoms with Crippen LogP contribution in [0, 0.1) is 6.92 Å². The van der Waals surface area contributed by atoms with Gasteiger partial charge < -0.3 is 4.90 Å². The smallest absolute Gasteiger partial charge is 0.240 e. The van der Waals surface area contributed by atoms with E-state index in [2.05, 4.69) is 4.72 Å². The molecule has 0 radical (unpaired) electrons. The molecule has 5 nitrogen and oxygen atoms in total. The van der Waals surface area contributed by atoms with Gasteiger partial charge in [-0.1, -0.05) is 24.3 Å². The van der Waals surface area contributed by atoms with Crippen LogP contribution in [-0.2, 0) is 20.6 Å². The van der Waals surface area contributed by atoms with Crippen LogP contribution < -0.4 is 4.72 Å². The Bertz CT molecular complexity index is 607. The molecule has 6 heteroatoms. The van der Waals surface area contributed by atoms with Crippen molar-refractivity contribution < 1.29 is 13.2 Å². The van der Waals surface area contributed by atoms with E-state index in [1.54, 1.807) is 17.9 Å². The highest BCUT2D eigenvalue weighted by Gasteiger charge is 2.26. The van der Waals surface area contributed by atoms with Gasteiger partial charge in [0.25, 0.3) is 0 Å². The quantitative estimate of drug-likeness (QED) is 0.894. The van der Waals surface area contributed by atoms with Gasteiger partial charge in [-0.15, -0.1) is 0 Å². The number of likely N-dealkylation sites (tertiary alicyclic amines) is 1. The third-order valence-corrected chi connectivity index (χ3v) is 5.15. The van der Waals surface area contributed by atoms with Crippen LogP contribution in [0.15, 0.2) is 24.3 Å². The molecule has 1 amide bonds. The Morgan fingerprint density at radius 3 is 2.52 bits per heavy atom. The first-order valence-corrected chi connectivity index (χ1v) is 8.87. The van der Waals surface area contributed by atoms with Gasteiger partial charge >= 0.3 is 0 Å². The molecule has 116 valence electrons. The number of sulfonamides is 1. The summed E-state index contributed by atoms with van der Waals surface area (Å²) in [6.45, 7) is 4.94. The zero-order valence-corrected chi connectivity index (χ0v) is 13.3. The predicted molar refractivity (Wildman–Crippen MR) is 82.2 cm³/mol. The molecule has 1 aromatic rings. The van der Waals surface area contributed by atoms with E-state index >= 15 is 0 Å². The van der Waals surface area contributed by atoms with E-state index in [9.17, 15) is 13.2 Å². The van der Waals surface area contributed by atoms with E-state index in [4.69, 9.17) is 0 Å². The van der Waals surface area contributed by atoms with Crippen LogP contribution >= 0.6 is 0 Å². The maximum atomic E-state index is 12.2. The lowest BCUT2D eigenvalue weighted by Crippen LogP contribution is -2.46. The number of nitrogens with one attached hydrogen (secondary N) is 1. The van der Waals surface area contributed by atoms with Gasteiger partial charge in [0.15, 0.2) is 0 Å². The first-order valence-electron chi connectivity index (χ1n) is 7.22. The molecule has 1 heterocycles. The Hall–Kier alpha value is -1.40. The van der Waals surface area contributed by atoms with Crippen molar-refractivity contribution in [2.75, 3.05) is 13.1 Å². The summed E-state index contributed by atoms with van der Waals surface area (Å²) in [5, 5.41) is 0. The fourth-order valence-corrected chi connectivity index (χ4v) is 4.01. The molecule has 0 saturated carbocycles. The molecule has 0 unspecified atom stereocenters. The van der Waals surface area contributed by atoms with Crippen LogP contribution in [0.4, 0.5) is 0 Å². The number of hydrogen-bond acceptors (Lipinski definition) is 3. The first-order chi connectivity index (χ1) is 9.89. The Morgan fingerprint density at radius 2 is 1.90 bits per heavy atom. The van der Waals surface area contributed by atoms with E-state index in [1.165, 1.54) is 0 Å². The van der Waals surface area contributed by atoms with Gasteiger partial charge in [0.2, 0.25) is 15.9 Å². The Labute approximate surface area is 126 Å². The SMILES string of the molecule is Cc1ccccc1CS(=O)(=O)N[C@@H](C)C(=O)N1CCCC1. The standard InChI is InChI=1S/C15H22N2O3S/c1-12-7-3-4-8-14(12)11-21(19,20)16-13(2)15(18)17-9-5-6-10-17/h3-4,7-8,13,16H,5-6,9-11H2,1-2H3/t13-/m0/s1. The number of benzene rings is 1. The number of carbonyl (C=O) groups excluding carboxylic acids is 1. The van der Waals surface area contributed by atoms with Crippen molar-refractivity contribution in [3.05, 3.63) is 35.4 Å². The molecule has 1 atom stereocenters. The molecular formula is C15H22N2O3S. The van der Waals surface area contributed by atoms with Gasteiger partial charge in [-0.3, -0.25) is 4.79 Å². The second-order valence-corrected chi connectivity index (χ2v) is 7.31. The second kappa shape index (κ2) is 6.58. The molecule has 0 bridgehead atoms. The van der Waals surface area contributed by atoms with Crippen molar-refractivity contribution in [2.45, 2.75) is 38.5 Å². The lowest BCUT2D eigenvalue weighted by atomic mass is 10.1. The molecule has 0 aromatic heterocycles. The van der Waals surface area contributed by atoms with Gasteiger partial charge in [-0.2, -0.15) is 0 Å². The highest BCUT2D eigenvalue weighted by molar-refractivity contribution is 7.88. The molecule has 0 aliphatic carbocycles. The van der Waals surface area contributed by atoms with Gasteiger partial charge in [0.1, 0.15) is 0 Å². The maximum Gasteiger partial charge on any atom is 0.240 e. The number of rotatable bonds is 5. The highest BCUT2D eigenvalue weighted by Crippen LogP contribution is 2.12. The average Bonchev–Trinajstić information content (AvgIpc) is 2.93. The third-order valence-electron chi connectivity index (χ3n) is 3.75. The molecule has 21 heavy (non-hydrogen) atoms. The van der Waals surface area contributed by atoms with Crippen LogP contribution in [0.1, 0.15) is 30.9 Å². The number of aryl methyl sites for hydroxylation is 1. The van der Waals surface area contributed by atoms with Crippen molar-refractivity contribution in [1.82, 2.24) is 9.62 Å². The topological polar surface area (TPSA) is 66.5 Å². The molecule has 1 aliphatic rings. The summed E-state index contributed by atoms with van der Waals surface area (Å²) in [5.41, 5.74) is 1.69. The first kappa shape index (κ1) is 16.0. The molecular weight excluding hydrogens is 288 g/mol. The fourth-order valence-electron chi connectivity index (χ4n) is 2.55. The van der Waals surface area contributed by atoms with Crippen molar-refractivity contribution >= 4 is 15.9 Å². The number of carbonyl (C=O) groups is 1. The summed E-state index contributed by atoms with van der Waals surface area (Å²) < 4.78 is 26.9. The largest absolute Gasteiger partial charge is 0.341 e. The van der Waals surface area contributed by atoms with Crippen LogP contribution in [0.2, 0.25) is 0 Å². The molecule has 1 fully saturated rings. The van der Waals surface area contributed by atoms with Gasteiger partial charge in [0, 0.05) is 13.1 Å². The molecule has 1 aromatic carbocycles. The van der Waals surface area contributed by atoms with E-state index < -0.39 is 16.1 Å². The minimum atomic E-state index is -3.53. The minimum absolute atomic E-state index is 0.0999. The Balaban J connectivity index is 2.00.